The molecule has 0 aromatic heterocycles. The topological polar surface area (TPSA) is 46.6 Å². The van der Waals surface area contributed by atoms with Crippen molar-refractivity contribution >= 4 is 12.3 Å². The molecule has 1 heterocycles. The van der Waals surface area contributed by atoms with E-state index in [2.05, 4.69) is 4.90 Å². The quantitative estimate of drug-likeness (QED) is 0.533. The first-order valence-electron chi connectivity index (χ1n) is 5.89. The van der Waals surface area contributed by atoms with Gasteiger partial charge in [-0.25, -0.2) is 0 Å². The van der Waals surface area contributed by atoms with Gasteiger partial charge in [0.2, 0.25) is 0 Å². The molecule has 0 aromatic rings. The van der Waals surface area contributed by atoms with Crippen molar-refractivity contribution in [3.63, 3.8) is 0 Å². The molecule has 3 unspecified atom stereocenters. The average molecular weight is 227 g/mol. The van der Waals surface area contributed by atoms with E-state index in [0.717, 1.165) is 32.2 Å². The van der Waals surface area contributed by atoms with Gasteiger partial charge >= 0.3 is 5.97 Å². The van der Waals surface area contributed by atoms with Crippen LogP contribution in [0.2, 0.25) is 0 Å². The van der Waals surface area contributed by atoms with Gasteiger partial charge in [0.25, 0.3) is 0 Å². The van der Waals surface area contributed by atoms with E-state index in [4.69, 9.17) is 4.74 Å². The maximum atomic E-state index is 11.0. The number of ether oxygens (including phenoxy) is 1. The second-order valence-electron chi connectivity index (χ2n) is 4.57. The number of carbonyl (C=O) groups excluding carboxylic acids is 2. The highest BCUT2D eigenvalue weighted by Crippen LogP contribution is 2.28. The fourth-order valence-electron chi connectivity index (χ4n) is 2.42. The molecule has 1 aliphatic rings. The Bertz CT molecular complexity index is 255. The van der Waals surface area contributed by atoms with E-state index in [9.17, 15) is 9.59 Å². The van der Waals surface area contributed by atoms with Crippen molar-refractivity contribution in [2.75, 3.05) is 20.1 Å². The Balaban J connectivity index is 2.70. The van der Waals surface area contributed by atoms with E-state index in [1.165, 1.54) is 6.92 Å². The van der Waals surface area contributed by atoms with Crippen LogP contribution in [0.15, 0.2) is 0 Å². The lowest BCUT2D eigenvalue weighted by molar-refractivity contribution is -0.154. The number of esters is 1. The maximum Gasteiger partial charge on any atom is 0.302 e. The molecule has 1 fully saturated rings. The second-order valence-corrected chi connectivity index (χ2v) is 4.57. The molecule has 0 aromatic carbocycles. The van der Waals surface area contributed by atoms with Crippen molar-refractivity contribution in [1.29, 1.82) is 0 Å². The number of likely N-dealkylation sites (N-methyl/N-ethyl adjacent to an activating group) is 1. The number of hydrogen-bond acceptors (Lipinski definition) is 4. The molecule has 1 aliphatic heterocycles. The number of nitrogens with zero attached hydrogens (tertiary/aromatic N) is 1. The minimum Gasteiger partial charge on any atom is -0.461 e. The van der Waals surface area contributed by atoms with Crippen molar-refractivity contribution in [2.45, 2.75) is 32.8 Å². The Morgan fingerprint density at radius 3 is 2.81 bits per heavy atom. The molecule has 0 amide bonds. The molecule has 0 saturated carbocycles. The molecule has 0 spiro atoms. The molecule has 3 atom stereocenters. The van der Waals surface area contributed by atoms with Gasteiger partial charge in [-0.05, 0) is 26.4 Å². The summed E-state index contributed by atoms with van der Waals surface area (Å²) in [5, 5.41) is 0. The summed E-state index contributed by atoms with van der Waals surface area (Å²) in [6, 6.07) is 0. The van der Waals surface area contributed by atoms with Gasteiger partial charge < -0.3 is 14.4 Å². The van der Waals surface area contributed by atoms with Crippen LogP contribution in [0.5, 0.6) is 0 Å². The van der Waals surface area contributed by atoms with Gasteiger partial charge in [-0.3, -0.25) is 4.79 Å². The zero-order chi connectivity index (χ0) is 12.1. The number of piperidine rings is 1. The fourth-order valence-corrected chi connectivity index (χ4v) is 2.42. The van der Waals surface area contributed by atoms with Gasteiger partial charge in [0, 0.05) is 25.3 Å². The second kappa shape index (κ2) is 5.99. The minimum atomic E-state index is -0.258. The Hall–Kier alpha value is -0.900. The lowest BCUT2D eigenvalue weighted by Crippen LogP contribution is -2.46. The predicted octanol–water partition coefficient (Wildman–Crippen LogP) is 1.09. The third-order valence-electron chi connectivity index (χ3n) is 3.33. The van der Waals surface area contributed by atoms with Crippen molar-refractivity contribution < 1.29 is 14.3 Å². The van der Waals surface area contributed by atoms with E-state index in [1.54, 1.807) is 0 Å². The van der Waals surface area contributed by atoms with Crippen LogP contribution >= 0.6 is 0 Å². The van der Waals surface area contributed by atoms with E-state index < -0.39 is 0 Å². The van der Waals surface area contributed by atoms with Crippen LogP contribution in [0.25, 0.3) is 0 Å². The first-order valence-corrected chi connectivity index (χ1v) is 5.89. The number of carbonyl (C=O) groups is 2. The molecular formula is C12H21NO3. The maximum absolute atomic E-state index is 11.0. The normalized spacial score (nSPS) is 28.4. The van der Waals surface area contributed by atoms with Crippen LogP contribution in [0, 0.1) is 11.8 Å². The van der Waals surface area contributed by atoms with Gasteiger partial charge in [-0.15, -0.1) is 0 Å². The monoisotopic (exact) mass is 227 g/mol. The van der Waals surface area contributed by atoms with E-state index in [0.29, 0.717) is 0 Å². The van der Waals surface area contributed by atoms with E-state index >= 15 is 0 Å². The number of likely N-dealkylation sites (tertiary alicyclic amines) is 1. The Kier molecular flexibility index (Phi) is 4.93. The largest absolute Gasteiger partial charge is 0.461 e. The summed E-state index contributed by atoms with van der Waals surface area (Å²) in [5.74, 6) is -0.0632. The lowest BCUT2D eigenvalue weighted by atomic mass is 9.81. The van der Waals surface area contributed by atoms with Crippen LogP contribution in [0.4, 0.5) is 0 Å². The summed E-state index contributed by atoms with van der Waals surface area (Å²) in [6.45, 7) is 5.12. The zero-order valence-corrected chi connectivity index (χ0v) is 10.3. The third kappa shape index (κ3) is 3.30. The standard InChI is InChI=1S/C12H21NO3/c1-4-10(8-14)11-5-6-13(3)7-12(11)16-9(2)15/h8,10-12H,4-7H2,1-3H3. The highest BCUT2D eigenvalue weighted by Gasteiger charge is 2.34. The minimum absolute atomic E-state index is 0.0121. The van der Waals surface area contributed by atoms with Crippen LogP contribution in [-0.2, 0) is 14.3 Å². The van der Waals surface area contributed by atoms with Crippen molar-refractivity contribution in [2.24, 2.45) is 11.8 Å². The van der Waals surface area contributed by atoms with E-state index in [-0.39, 0.29) is 23.9 Å². The first kappa shape index (κ1) is 13.2. The third-order valence-corrected chi connectivity index (χ3v) is 3.33. The zero-order valence-electron chi connectivity index (χ0n) is 10.3. The molecule has 16 heavy (non-hydrogen) atoms. The molecule has 4 nitrogen and oxygen atoms in total. The SMILES string of the molecule is CCC(C=O)C1CCN(C)CC1OC(C)=O. The van der Waals surface area contributed by atoms with Crippen LogP contribution in [0.1, 0.15) is 26.7 Å². The first-order chi connectivity index (χ1) is 7.58. The van der Waals surface area contributed by atoms with Crippen LogP contribution in [-0.4, -0.2) is 43.4 Å². The molecule has 0 N–H and O–H groups in total. The van der Waals surface area contributed by atoms with Crippen molar-refractivity contribution in [1.82, 2.24) is 4.90 Å². The number of hydrogen-bond donors (Lipinski definition) is 0. The summed E-state index contributed by atoms with van der Waals surface area (Å²) in [7, 11) is 2.01. The highest BCUT2D eigenvalue weighted by atomic mass is 16.5. The van der Waals surface area contributed by atoms with Gasteiger partial charge in [0.15, 0.2) is 0 Å². The number of rotatable bonds is 4. The lowest BCUT2D eigenvalue weighted by Gasteiger charge is -2.38. The van der Waals surface area contributed by atoms with E-state index in [1.807, 2.05) is 14.0 Å². The summed E-state index contributed by atoms with van der Waals surface area (Å²) in [6.07, 6.45) is 2.61. The van der Waals surface area contributed by atoms with Crippen LogP contribution in [0.3, 0.4) is 0 Å². The Labute approximate surface area is 96.9 Å². The highest BCUT2D eigenvalue weighted by molar-refractivity contribution is 5.66. The van der Waals surface area contributed by atoms with Gasteiger partial charge in [-0.2, -0.15) is 0 Å². The van der Waals surface area contributed by atoms with Crippen LogP contribution < -0.4 is 0 Å². The van der Waals surface area contributed by atoms with Gasteiger partial charge in [-0.1, -0.05) is 6.92 Å². The molecule has 1 rings (SSSR count). The molecule has 92 valence electrons. The molecular weight excluding hydrogens is 206 g/mol. The molecule has 0 bridgehead atoms. The summed E-state index contributed by atoms with van der Waals surface area (Å²) in [5.41, 5.74) is 0. The molecule has 4 heteroatoms. The fraction of sp³-hybridized carbons (Fsp3) is 0.833. The molecule has 0 aliphatic carbocycles. The Morgan fingerprint density at radius 1 is 1.62 bits per heavy atom. The van der Waals surface area contributed by atoms with Crippen molar-refractivity contribution in [3.8, 4) is 0 Å². The van der Waals surface area contributed by atoms with Gasteiger partial charge in [0.05, 0.1) is 0 Å². The predicted molar refractivity (Wildman–Crippen MR) is 61.0 cm³/mol. The Morgan fingerprint density at radius 2 is 2.31 bits per heavy atom. The smallest absolute Gasteiger partial charge is 0.302 e. The molecule has 0 radical (unpaired) electrons. The number of aldehydes is 1. The van der Waals surface area contributed by atoms with Crippen molar-refractivity contribution in [3.05, 3.63) is 0 Å². The molecule has 1 saturated heterocycles. The van der Waals surface area contributed by atoms with Gasteiger partial charge in [0.1, 0.15) is 12.4 Å². The summed E-state index contributed by atoms with van der Waals surface area (Å²) in [4.78, 5) is 24.2. The summed E-state index contributed by atoms with van der Waals surface area (Å²) < 4.78 is 5.32. The average Bonchev–Trinajstić information content (AvgIpc) is 2.21. The summed E-state index contributed by atoms with van der Waals surface area (Å²) >= 11 is 0.